The highest BCUT2D eigenvalue weighted by Crippen LogP contribution is 2.15. The molecular weight excluding hydrogens is 334 g/mol. The number of urea groups is 1. The lowest BCUT2D eigenvalue weighted by Crippen LogP contribution is -2.50. The van der Waals surface area contributed by atoms with Crippen LogP contribution in [-0.4, -0.2) is 67.4 Å². The first-order chi connectivity index (χ1) is 12.8. The molecule has 0 aromatic carbocycles. The first-order valence-electron chi connectivity index (χ1n) is 8.56. The zero-order valence-electron chi connectivity index (χ0n) is 14.8. The van der Waals surface area contributed by atoms with Crippen molar-refractivity contribution in [2.75, 3.05) is 56.7 Å². The van der Waals surface area contributed by atoms with Crippen LogP contribution in [0.3, 0.4) is 0 Å². The molecule has 2 aromatic heterocycles. The van der Waals surface area contributed by atoms with Gasteiger partial charge in [0, 0.05) is 45.6 Å². The molecule has 1 N–H and O–H groups in total. The molecule has 138 valence electrons. The Kier molecular flexibility index (Phi) is 6.21. The van der Waals surface area contributed by atoms with Crippen molar-refractivity contribution in [3.05, 3.63) is 42.7 Å². The quantitative estimate of drug-likeness (QED) is 0.795. The van der Waals surface area contributed by atoms with Gasteiger partial charge in [-0.15, -0.1) is 0 Å². The fourth-order valence-corrected chi connectivity index (χ4v) is 2.65. The zero-order chi connectivity index (χ0) is 18.2. The lowest BCUT2D eigenvalue weighted by molar-refractivity contribution is 0.144. The third-order valence-corrected chi connectivity index (χ3v) is 4.07. The van der Waals surface area contributed by atoms with Gasteiger partial charge in [0.2, 0.25) is 5.88 Å². The molecule has 1 fully saturated rings. The minimum atomic E-state index is -0.125. The van der Waals surface area contributed by atoms with E-state index in [0.29, 0.717) is 37.9 Å². The number of rotatable bonds is 6. The van der Waals surface area contributed by atoms with Crippen molar-refractivity contribution in [1.29, 1.82) is 0 Å². The lowest BCUT2D eigenvalue weighted by atomic mass is 10.3. The first kappa shape index (κ1) is 17.9. The van der Waals surface area contributed by atoms with E-state index in [9.17, 15) is 4.79 Å². The summed E-state index contributed by atoms with van der Waals surface area (Å²) in [4.78, 5) is 24.9. The van der Waals surface area contributed by atoms with E-state index >= 15 is 0 Å². The second kappa shape index (κ2) is 9.00. The van der Waals surface area contributed by atoms with Crippen LogP contribution >= 0.6 is 0 Å². The summed E-state index contributed by atoms with van der Waals surface area (Å²) in [6, 6.07) is 9.23. The second-order valence-electron chi connectivity index (χ2n) is 5.82. The maximum Gasteiger partial charge on any atom is 0.322 e. The smallest absolute Gasteiger partial charge is 0.322 e. The lowest BCUT2D eigenvalue weighted by Gasteiger charge is -2.35. The zero-order valence-corrected chi connectivity index (χ0v) is 14.8. The van der Waals surface area contributed by atoms with Crippen molar-refractivity contribution in [2.24, 2.45) is 0 Å². The number of hydrogen-bond acceptors (Lipinski definition) is 6. The minimum absolute atomic E-state index is 0.125. The Hall–Kier alpha value is -2.87. The maximum absolute atomic E-state index is 12.4. The van der Waals surface area contributed by atoms with E-state index in [4.69, 9.17) is 9.47 Å². The summed E-state index contributed by atoms with van der Waals surface area (Å²) in [5.41, 5.74) is 0.640. The molecule has 26 heavy (non-hydrogen) atoms. The van der Waals surface area contributed by atoms with Gasteiger partial charge < -0.3 is 24.6 Å². The highest BCUT2D eigenvalue weighted by molar-refractivity contribution is 5.89. The van der Waals surface area contributed by atoms with Crippen molar-refractivity contribution in [3.63, 3.8) is 0 Å². The van der Waals surface area contributed by atoms with Crippen LogP contribution in [0.2, 0.25) is 0 Å². The first-order valence-corrected chi connectivity index (χ1v) is 8.56. The predicted octanol–water partition coefficient (Wildman–Crippen LogP) is 1.86. The molecule has 0 bridgehead atoms. The number of nitrogens with zero attached hydrogens (tertiary/aromatic N) is 4. The van der Waals surface area contributed by atoms with E-state index < -0.39 is 0 Å². The van der Waals surface area contributed by atoms with Crippen LogP contribution in [0.1, 0.15) is 0 Å². The third-order valence-electron chi connectivity index (χ3n) is 4.07. The van der Waals surface area contributed by atoms with Crippen LogP contribution in [0.5, 0.6) is 5.88 Å². The molecule has 2 amide bonds. The van der Waals surface area contributed by atoms with E-state index in [2.05, 4.69) is 20.2 Å². The Morgan fingerprint density at radius 2 is 1.96 bits per heavy atom. The van der Waals surface area contributed by atoms with Gasteiger partial charge in [0.15, 0.2) is 0 Å². The fraction of sp³-hybridized carbons (Fsp3) is 0.389. The summed E-state index contributed by atoms with van der Waals surface area (Å²) in [6.07, 6.45) is 3.37. The van der Waals surface area contributed by atoms with Crippen LogP contribution in [0.15, 0.2) is 42.7 Å². The fourth-order valence-electron chi connectivity index (χ4n) is 2.65. The van der Waals surface area contributed by atoms with Gasteiger partial charge in [0.25, 0.3) is 0 Å². The summed E-state index contributed by atoms with van der Waals surface area (Å²) in [7, 11) is 1.62. The van der Waals surface area contributed by atoms with Gasteiger partial charge in [0.05, 0.1) is 18.5 Å². The van der Waals surface area contributed by atoms with Crippen molar-refractivity contribution in [1.82, 2.24) is 14.9 Å². The number of hydrogen-bond donors (Lipinski definition) is 1. The van der Waals surface area contributed by atoms with Crippen molar-refractivity contribution >= 4 is 17.5 Å². The van der Waals surface area contributed by atoms with Crippen LogP contribution in [0, 0.1) is 0 Å². The Labute approximate surface area is 152 Å². The molecule has 1 saturated heterocycles. The molecule has 8 nitrogen and oxygen atoms in total. The summed E-state index contributed by atoms with van der Waals surface area (Å²) in [5.74, 6) is 1.45. The SMILES string of the molecule is COCCOc1ccc(NC(=O)N2CCN(c3ccccn3)CC2)cn1. The predicted molar refractivity (Wildman–Crippen MR) is 98.6 cm³/mol. The molecule has 0 saturated carbocycles. The number of carbonyl (C=O) groups excluding carboxylic acids is 1. The standard InChI is InChI=1S/C18H23N5O3/c1-25-12-13-26-17-6-5-15(14-20-17)21-18(24)23-10-8-22(9-11-23)16-4-2-3-7-19-16/h2-7,14H,8-13H2,1H3,(H,21,24). The highest BCUT2D eigenvalue weighted by Gasteiger charge is 2.21. The van der Waals surface area contributed by atoms with Gasteiger partial charge in [-0.25, -0.2) is 14.8 Å². The van der Waals surface area contributed by atoms with Crippen molar-refractivity contribution in [2.45, 2.75) is 0 Å². The van der Waals surface area contributed by atoms with Gasteiger partial charge in [-0.3, -0.25) is 0 Å². The summed E-state index contributed by atoms with van der Waals surface area (Å²) >= 11 is 0. The van der Waals surface area contributed by atoms with E-state index in [1.807, 2.05) is 18.2 Å². The topological polar surface area (TPSA) is 79.8 Å². The number of methoxy groups -OCH3 is 1. The molecule has 2 aromatic rings. The third kappa shape index (κ3) is 4.82. The van der Waals surface area contributed by atoms with E-state index in [1.165, 1.54) is 0 Å². The Morgan fingerprint density at radius 3 is 2.62 bits per heavy atom. The number of carbonyl (C=O) groups is 1. The molecule has 3 rings (SSSR count). The number of aromatic nitrogens is 2. The number of anilines is 2. The number of nitrogens with one attached hydrogen (secondary N) is 1. The van der Waals surface area contributed by atoms with Crippen LogP contribution in [0.4, 0.5) is 16.3 Å². The molecule has 1 aliphatic rings. The van der Waals surface area contributed by atoms with Crippen molar-refractivity contribution < 1.29 is 14.3 Å². The normalized spacial score (nSPS) is 14.2. The molecule has 0 spiro atoms. The molecular formula is C18H23N5O3. The minimum Gasteiger partial charge on any atom is -0.475 e. The van der Waals surface area contributed by atoms with E-state index in [1.54, 1.807) is 36.5 Å². The monoisotopic (exact) mass is 357 g/mol. The van der Waals surface area contributed by atoms with E-state index in [-0.39, 0.29) is 6.03 Å². The molecule has 0 radical (unpaired) electrons. The number of piperazine rings is 1. The molecule has 0 atom stereocenters. The summed E-state index contributed by atoms with van der Waals surface area (Å²) in [6.45, 7) is 3.76. The average molecular weight is 357 g/mol. The second-order valence-corrected chi connectivity index (χ2v) is 5.82. The number of ether oxygens (including phenoxy) is 2. The van der Waals surface area contributed by atoms with Gasteiger partial charge in [-0.1, -0.05) is 6.07 Å². The summed E-state index contributed by atoms with van der Waals surface area (Å²) in [5, 5.41) is 2.87. The van der Waals surface area contributed by atoms with Gasteiger partial charge in [-0.05, 0) is 18.2 Å². The Bertz CT molecular complexity index is 688. The Morgan fingerprint density at radius 1 is 1.12 bits per heavy atom. The largest absolute Gasteiger partial charge is 0.475 e. The Balaban J connectivity index is 1.47. The number of amides is 2. The van der Waals surface area contributed by atoms with Crippen LogP contribution in [0.25, 0.3) is 0 Å². The van der Waals surface area contributed by atoms with Gasteiger partial charge in [-0.2, -0.15) is 0 Å². The molecule has 3 heterocycles. The molecule has 8 heteroatoms. The highest BCUT2D eigenvalue weighted by atomic mass is 16.5. The van der Waals surface area contributed by atoms with Crippen molar-refractivity contribution in [3.8, 4) is 5.88 Å². The number of pyridine rings is 2. The van der Waals surface area contributed by atoms with Crippen LogP contribution in [-0.2, 0) is 4.74 Å². The van der Waals surface area contributed by atoms with E-state index in [0.717, 1.165) is 18.9 Å². The summed E-state index contributed by atoms with van der Waals surface area (Å²) < 4.78 is 10.3. The molecule has 0 aliphatic carbocycles. The van der Waals surface area contributed by atoms with Gasteiger partial charge in [0.1, 0.15) is 12.4 Å². The maximum atomic E-state index is 12.4. The molecule has 1 aliphatic heterocycles. The molecule has 0 unspecified atom stereocenters. The van der Waals surface area contributed by atoms with Gasteiger partial charge >= 0.3 is 6.03 Å². The van der Waals surface area contributed by atoms with Crippen LogP contribution < -0.4 is 15.0 Å². The average Bonchev–Trinajstić information content (AvgIpc) is 2.70.